The lowest BCUT2D eigenvalue weighted by atomic mass is 9.99. The van der Waals surface area contributed by atoms with E-state index in [9.17, 15) is 9.59 Å². The van der Waals surface area contributed by atoms with Gasteiger partial charge in [0.25, 0.3) is 0 Å². The number of nitrogens with zero attached hydrogens (tertiary/aromatic N) is 1. The van der Waals surface area contributed by atoms with Gasteiger partial charge in [-0.2, -0.15) is 0 Å². The molecule has 2 heterocycles. The smallest absolute Gasteiger partial charge is 0.245 e. The van der Waals surface area contributed by atoms with Crippen LogP contribution in [-0.4, -0.2) is 29.3 Å². The predicted octanol–water partition coefficient (Wildman–Crippen LogP) is 2.96. The Morgan fingerprint density at radius 1 is 1.43 bits per heavy atom. The van der Waals surface area contributed by atoms with Crippen LogP contribution in [0.2, 0.25) is 0 Å². The predicted molar refractivity (Wildman–Crippen MR) is 85.1 cm³/mol. The third-order valence-corrected chi connectivity index (χ3v) is 4.82. The number of carbonyl (C=O) groups excluding carboxylic acids is 2. The Morgan fingerprint density at radius 2 is 2.19 bits per heavy atom. The van der Waals surface area contributed by atoms with Gasteiger partial charge >= 0.3 is 0 Å². The molecule has 1 aromatic rings. The summed E-state index contributed by atoms with van der Waals surface area (Å²) in [5.74, 6) is 0.371. The summed E-state index contributed by atoms with van der Waals surface area (Å²) in [6.07, 6.45) is 1.98. The van der Waals surface area contributed by atoms with Gasteiger partial charge in [0, 0.05) is 17.8 Å². The van der Waals surface area contributed by atoms with Gasteiger partial charge in [-0.3, -0.25) is 9.59 Å². The molecule has 5 heteroatoms. The highest BCUT2D eigenvalue weighted by molar-refractivity contribution is 7.10. The summed E-state index contributed by atoms with van der Waals surface area (Å²) < 4.78 is 0. The van der Waals surface area contributed by atoms with E-state index in [1.54, 1.807) is 11.3 Å². The number of carbonyl (C=O) groups is 2. The summed E-state index contributed by atoms with van der Waals surface area (Å²) in [6, 6.07) is 3.79. The van der Waals surface area contributed by atoms with E-state index in [2.05, 4.69) is 25.2 Å². The second-order valence-corrected chi connectivity index (χ2v) is 6.87. The molecule has 2 amide bonds. The highest BCUT2D eigenvalue weighted by Crippen LogP contribution is 2.33. The topological polar surface area (TPSA) is 49.4 Å². The van der Waals surface area contributed by atoms with Gasteiger partial charge in [-0.25, -0.2) is 0 Å². The zero-order chi connectivity index (χ0) is 15.4. The summed E-state index contributed by atoms with van der Waals surface area (Å²) >= 11 is 1.68. The molecular weight excluding hydrogens is 284 g/mol. The molecule has 1 saturated heterocycles. The summed E-state index contributed by atoms with van der Waals surface area (Å²) in [5.41, 5.74) is 0. The maximum absolute atomic E-state index is 12.8. The fourth-order valence-corrected chi connectivity index (χ4v) is 3.93. The lowest BCUT2D eigenvalue weighted by molar-refractivity contribution is -0.136. The molecule has 2 unspecified atom stereocenters. The first-order chi connectivity index (χ1) is 10.0. The zero-order valence-electron chi connectivity index (χ0n) is 13.0. The molecule has 1 aromatic heterocycles. The molecule has 1 N–H and O–H groups in total. The van der Waals surface area contributed by atoms with Crippen LogP contribution in [0.25, 0.3) is 0 Å². The van der Waals surface area contributed by atoms with Crippen molar-refractivity contribution in [1.82, 2.24) is 10.2 Å². The second kappa shape index (κ2) is 7.07. The molecule has 0 aliphatic carbocycles. The molecule has 2 rings (SSSR count). The average Bonchev–Trinajstić information content (AvgIpc) is 2.90. The van der Waals surface area contributed by atoms with Crippen molar-refractivity contribution >= 4 is 23.2 Å². The van der Waals surface area contributed by atoms with Gasteiger partial charge in [0.05, 0.1) is 6.04 Å². The summed E-state index contributed by atoms with van der Waals surface area (Å²) in [6.45, 7) is 6.80. The van der Waals surface area contributed by atoms with E-state index >= 15 is 0 Å². The van der Waals surface area contributed by atoms with Gasteiger partial charge in [0.15, 0.2) is 0 Å². The molecule has 116 valence electrons. The first-order valence-electron chi connectivity index (χ1n) is 7.67. The minimum Gasteiger partial charge on any atom is -0.344 e. The molecule has 21 heavy (non-hydrogen) atoms. The fourth-order valence-electron chi connectivity index (χ4n) is 2.92. The van der Waals surface area contributed by atoms with Gasteiger partial charge < -0.3 is 10.2 Å². The fraction of sp³-hybridized carbons (Fsp3) is 0.625. The van der Waals surface area contributed by atoms with Crippen LogP contribution < -0.4 is 5.32 Å². The molecule has 0 aromatic carbocycles. The van der Waals surface area contributed by atoms with Gasteiger partial charge in [-0.1, -0.05) is 33.3 Å². The minimum absolute atomic E-state index is 0.0158. The average molecular weight is 308 g/mol. The Hall–Kier alpha value is -1.36. The molecule has 1 fully saturated rings. The molecule has 0 spiro atoms. The van der Waals surface area contributed by atoms with E-state index < -0.39 is 0 Å². The minimum atomic E-state index is -0.369. The van der Waals surface area contributed by atoms with Crippen molar-refractivity contribution < 1.29 is 9.59 Å². The van der Waals surface area contributed by atoms with Gasteiger partial charge in [0.2, 0.25) is 11.8 Å². The SMILES string of the molecule is CCCC1NC(=O)CCN(C(c2cccs2)C(C)C)C1=O. The van der Waals surface area contributed by atoms with Crippen LogP contribution >= 0.6 is 11.3 Å². The normalized spacial score (nSPS) is 21.3. The van der Waals surface area contributed by atoms with E-state index in [1.165, 1.54) is 4.88 Å². The lowest BCUT2D eigenvalue weighted by Crippen LogP contribution is -2.46. The van der Waals surface area contributed by atoms with Crippen LogP contribution in [-0.2, 0) is 9.59 Å². The van der Waals surface area contributed by atoms with Crippen molar-refractivity contribution in [3.05, 3.63) is 22.4 Å². The van der Waals surface area contributed by atoms with Gasteiger partial charge in [0.1, 0.15) is 6.04 Å². The maximum atomic E-state index is 12.8. The molecule has 0 bridgehead atoms. The van der Waals surface area contributed by atoms with Crippen LogP contribution in [0.1, 0.15) is 51.0 Å². The van der Waals surface area contributed by atoms with E-state index in [1.807, 2.05) is 23.3 Å². The quantitative estimate of drug-likeness (QED) is 0.909. The Kier molecular flexibility index (Phi) is 5.39. The van der Waals surface area contributed by atoms with Crippen molar-refractivity contribution in [2.45, 2.75) is 52.1 Å². The van der Waals surface area contributed by atoms with E-state index in [-0.39, 0.29) is 23.9 Å². The highest BCUT2D eigenvalue weighted by Gasteiger charge is 2.35. The molecule has 1 aliphatic heterocycles. The molecule has 1 aliphatic rings. The Morgan fingerprint density at radius 3 is 2.76 bits per heavy atom. The Balaban J connectivity index is 2.29. The van der Waals surface area contributed by atoms with Crippen LogP contribution in [0.15, 0.2) is 17.5 Å². The first kappa shape index (κ1) is 16.0. The van der Waals surface area contributed by atoms with E-state index in [0.717, 1.165) is 6.42 Å². The standard InChI is InChI=1S/C16H24N2O2S/c1-4-6-12-16(20)18(9-8-14(19)17-12)15(11(2)3)13-7-5-10-21-13/h5,7,10-12,15H,4,6,8-9H2,1-3H3,(H,17,19). The summed E-state index contributed by atoms with van der Waals surface area (Å²) in [4.78, 5) is 27.8. The summed E-state index contributed by atoms with van der Waals surface area (Å²) in [7, 11) is 0. The van der Waals surface area contributed by atoms with Crippen molar-refractivity contribution in [1.29, 1.82) is 0 Å². The third kappa shape index (κ3) is 3.64. The second-order valence-electron chi connectivity index (χ2n) is 5.89. The molecule has 4 nitrogen and oxygen atoms in total. The van der Waals surface area contributed by atoms with Gasteiger partial charge in [-0.05, 0) is 23.8 Å². The number of amides is 2. The molecular formula is C16H24N2O2S. The van der Waals surface area contributed by atoms with Crippen molar-refractivity contribution in [3.8, 4) is 0 Å². The Labute approximate surface area is 130 Å². The zero-order valence-corrected chi connectivity index (χ0v) is 13.8. The van der Waals surface area contributed by atoms with Crippen LogP contribution in [0, 0.1) is 5.92 Å². The number of nitrogens with one attached hydrogen (secondary N) is 1. The third-order valence-electron chi connectivity index (χ3n) is 3.88. The molecule has 2 atom stereocenters. The number of rotatable bonds is 5. The maximum Gasteiger partial charge on any atom is 0.245 e. The van der Waals surface area contributed by atoms with Crippen molar-refractivity contribution in [2.24, 2.45) is 5.92 Å². The largest absolute Gasteiger partial charge is 0.344 e. The van der Waals surface area contributed by atoms with Crippen LogP contribution in [0.3, 0.4) is 0 Å². The monoisotopic (exact) mass is 308 g/mol. The summed E-state index contributed by atoms with van der Waals surface area (Å²) in [5, 5.41) is 4.91. The highest BCUT2D eigenvalue weighted by atomic mass is 32.1. The van der Waals surface area contributed by atoms with Gasteiger partial charge in [-0.15, -0.1) is 11.3 Å². The molecule has 0 radical (unpaired) electrons. The Bertz CT molecular complexity index is 484. The number of hydrogen-bond donors (Lipinski definition) is 1. The number of hydrogen-bond acceptors (Lipinski definition) is 3. The van der Waals surface area contributed by atoms with Crippen LogP contribution in [0.5, 0.6) is 0 Å². The van der Waals surface area contributed by atoms with E-state index in [0.29, 0.717) is 25.3 Å². The van der Waals surface area contributed by atoms with Crippen molar-refractivity contribution in [2.75, 3.05) is 6.54 Å². The molecule has 0 saturated carbocycles. The lowest BCUT2D eigenvalue weighted by Gasteiger charge is -2.34. The van der Waals surface area contributed by atoms with Crippen LogP contribution in [0.4, 0.5) is 0 Å². The van der Waals surface area contributed by atoms with E-state index in [4.69, 9.17) is 0 Å². The number of thiophene rings is 1. The van der Waals surface area contributed by atoms with Crippen molar-refractivity contribution in [3.63, 3.8) is 0 Å². The first-order valence-corrected chi connectivity index (χ1v) is 8.55.